The molecule has 0 spiro atoms. The Kier molecular flexibility index (Phi) is 5.04. The van der Waals surface area contributed by atoms with Crippen LogP contribution < -0.4 is 0 Å². The average molecular weight is 290 g/mol. The van der Waals surface area contributed by atoms with Crippen LogP contribution in [0.5, 0.6) is 0 Å². The molecule has 1 aliphatic rings. The summed E-state index contributed by atoms with van der Waals surface area (Å²) in [5.74, 6) is -0.0749. The van der Waals surface area contributed by atoms with Crippen LogP contribution in [0, 0.1) is 11.3 Å². The Labute approximate surface area is 127 Å². The Morgan fingerprint density at radius 2 is 1.86 bits per heavy atom. The van der Waals surface area contributed by atoms with Crippen LogP contribution in [0.2, 0.25) is 0 Å². The summed E-state index contributed by atoms with van der Waals surface area (Å²) in [5.41, 5.74) is 2.31. The van der Waals surface area contributed by atoms with Crippen LogP contribution >= 0.6 is 0 Å². The van der Waals surface area contributed by atoms with Crippen LogP contribution in [0.1, 0.15) is 51.2 Å². The molecule has 0 heterocycles. The second-order valence-corrected chi connectivity index (χ2v) is 7.23. The van der Waals surface area contributed by atoms with E-state index in [4.69, 9.17) is 9.84 Å². The number of carboxylic acids is 1. The maximum atomic E-state index is 10.7. The van der Waals surface area contributed by atoms with E-state index < -0.39 is 5.97 Å². The van der Waals surface area contributed by atoms with Gasteiger partial charge in [-0.05, 0) is 41.7 Å². The van der Waals surface area contributed by atoms with Crippen molar-refractivity contribution < 1.29 is 14.6 Å². The molecule has 2 rings (SSSR count). The fourth-order valence-corrected chi connectivity index (χ4v) is 3.53. The van der Waals surface area contributed by atoms with Crippen molar-refractivity contribution in [1.29, 1.82) is 0 Å². The minimum absolute atomic E-state index is 0.0788. The molecule has 1 aromatic carbocycles. The Hall–Kier alpha value is -1.35. The lowest BCUT2D eigenvalue weighted by atomic mass is 9.71. The van der Waals surface area contributed by atoms with E-state index in [-0.39, 0.29) is 6.42 Å². The number of rotatable bonds is 5. The first-order valence-corrected chi connectivity index (χ1v) is 7.75. The first kappa shape index (κ1) is 16.0. The summed E-state index contributed by atoms with van der Waals surface area (Å²) >= 11 is 0. The molecule has 1 aromatic rings. The van der Waals surface area contributed by atoms with Gasteiger partial charge < -0.3 is 9.84 Å². The number of carbonyl (C=O) groups is 1. The van der Waals surface area contributed by atoms with Crippen molar-refractivity contribution in [3.05, 3.63) is 35.4 Å². The van der Waals surface area contributed by atoms with Gasteiger partial charge >= 0.3 is 5.97 Å². The summed E-state index contributed by atoms with van der Waals surface area (Å²) in [7, 11) is 0. The first-order valence-electron chi connectivity index (χ1n) is 7.75. The van der Waals surface area contributed by atoms with Crippen LogP contribution in [-0.4, -0.2) is 17.2 Å². The fraction of sp³-hybridized carbons (Fsp3) is 0.611. The third-order valence-corrected chi connectivity index (χ3v) is 4.21. The van der Waals surface area contributed by atoms with Crippen molar-refractivity contribution in [2.45, 2.75) is 59.2 Å². The highest BCUT2D eigenvalue weighted by atomic mass is 16.5. The molecule has 0 aliphatic heterocycles. The van der Waals surface area contributed by atoms with Gasteiger partial charge in [-0.25, -0.2) is 0 Å². The van der Waals surface area contributed by atoms with E-state index >= 15 is 0 Å². The Balaban J connectivity index is 1.86. The van der Waals surface area contributed by atoms with Gasteiger partial charge in [0.15, 0.2) is 0 Å². The number of hydrogen-bond acceptors (Lipinski definition) is 2. The molecule has 0 radical (unpaired) electrons. The number of benzene rings is 1. The fourth-order valence-electron chi connectivity index (χ4n) is 3.53. The highest BCUT2D eigenvalue weighted by molar-refractivity contribution is 5.70. The minimum Gasteiger partial charge on any atom is -0.481 e. The molecule has 0 aromatic heterocycles. The van der Waals surface area contributed by atoms with Crippen LogP contribution in [0.4, 0.5) is 0 Å². The largest absolute Gasteiger partial charge is 0.481 e. The summed E-state index contributed by atoms with van der Waals surface area (Å²) in [6.45, 7) is 7.55. The molecule has 1 fully saturated rings. The van der Waals surface area contributed by atoms with E-state index in [9.17, 15) is 4.79 Å². The van der Waals surface area contributed by atoms with Gasteiger partial charge in [0.1, 0.15) is 0 Å². The third kappa shape index (κ3) is 5.16. The molecular formula is C18H26O3. The van der Waals surface area contributed by atoms with Gasteiger partial charge in [-0.15, -0.1) is 0 Å². The van der Waals surface area contributed by atoms with Crippen molar-refractivity contribution in [2.24, 2.45) is 11.3 Å². The quantitative estimate of drug-likeness (QED) is 0.890. The van der Waals surface area contributed by atoms with Crippen LogP contribution in [0.15, 0.2) is 24.3 Å². The molecule has 0 amide bonds. The van der Waals surface area contributed by atoms with E-state index in [1.54, 1.807) is 0 Å². The predicted molar refractivity (Wildman–Crippen MR) is 83.2 cm³/mol. The van der Waals surface area contributed by atoms with Gasteiger partial charge in [-0.2, -0.15) is 0 Å². The lowest BCUT2D eigenvalue weighted by Gasteiger charge is -2.38. The summed E-state index contributed by atoms with van der Waals surface area (Å²) in [5, 5.41) is 8.76. The zero-order valence-corrected chi connectivity index (χ0v) is 13.3. The number of ether oxygens (including phenoxy) is 1. The molecule has 3 nitrogen and oxygen atoms in total. The highest BCUT2D eigenvalue weighted by Crippen LogP contribution is 2.39. The van der Waals surface area contributed by atoms with E-state index in [2.05, 4.69) is 20.8 Å². The maximum absolute atomic E-state index is 10.7. The van der Waals surface area contributed by atoms with E-state index in [1.165, 1.54) is 6.42 Å². The minimum atomic E-state index is -0.794. The number of aliphatic carboxylic acids is 1. The predicted octanol–water partition coefficient (Wildman–Crippen LogP) is 4.05. The third-order valence-electron chi connectivity index (χ3n) is 4.21. The van der Waals surface area contributed by atoms with Gasteiger partial charge in [0, 0.05) is 0 Å². The van der Waals surface area contributed by atoms with Crippen molar-refractivity contribution in [3.63, 3.8) is 0 Å². The Morgan fingerprint density at radius 3 is 2.43 bits per heavy atom. The van der Waals surface area contributed by atoms with Gasteiger partial charge in [0.05, 0.1) is 19.1 Å². The second kappa shape index (κ2) is 6.61. The second-order valence-electron chi connectivity index (χ2n) is 7.23. The summed E-state index contributed by atoms with van der Waals surface area (Å²) in [4.78, 5) is 10.7. The van der Waals surface area contributed by atoms with Crippen molar-refractivity contribution >= 4 is 5.97 Å². The van der Waals surface area contributed by atoms with Crippen LogP contribution in [-0.2, 0) is 22.6 Å². The van der Waals surface area contributed by atoms with Crippen molar-refractivity contribution in [2.75, 3.05) is 0 Å². The van der Waals surface area contributed by atoms with Crippen molar-refractivity contribution in [3.8, 4) is 0 Å². The molecule has 3 heteroatoms. The van der Waals surface area contributed by atoms with E-state index in [0.29, 0.717) is 18.1 Å². The average Bonchev–Trinajstić information content (AvgIpc) is 2.35. The molecule has 21 heavy (non-hydrogen) atoms. The zero-order valence-electron chi connectivity index (χ0n) is 13.3. The normalized spacial score (nSPS) is 24.7. The molecule has 1 N–H and O–H groups in total. The van der Waals surface area contributed by atoms with E-state index in [0.717, 1.165) is 29.9 Å². The van der Waals surface area contributed by atoms with Crippen molar-refractivity contribution in [1.82, 2.24) is 0 Å². The van der Waals surface area contributed by atoms with Gasteiger partial charge in [0.2, 0.25) is 0 Å². The topological polar surface area (TPSA) is 46.5 Å². The number of carboxylic acid groups (broad SMARTS) is 1. The summed E-state index contributed by atoms with van der Waals surface area (Å²) in [6.07, 6.45) is 3.95. The lowest BCUT2D eigenvalue weighted by Crippen LogP contribution is -2.32. The van der Waals surface area contributed by atoms with Gasteiger partial charge in [-0.3, -0.25) is 4.79 Å². The molecule has 2 unspecified atom stereocenters. The molecule has 0 saturated heterocycles. The standard InChI is InChI=1S/C18H26O3/c1-13-8-16(11-18(2,3)10-13)21-12-15-6-4-14(5-7-15)9-17(19)20/h4-7,13,16H,8-12H2,1-3H3,(H,19,20). The molecule has 116 valence electrons. The van der Waals surface area contributed by atoms with Crippen LogP contribution in [0.25, 0.3) is 0 Å². The zero-order chi connectivity index (χ0) is 15.5. The van der Waals surface area contributed by atoms with Gasteiger partial charge in [-0.1, -0.05) is 45.0 Å². The summed E-state index contributed by atoms with van der Waals surface area (Å²) in [6, 6.07) is 7.69. The molecular weight excluding hydrogens is 264 g/mol. The van der Waals surface area contributed by atoms with E-state index in [1.807, 2.05) is 24.3 Å². The molecule has 2 atom stereocenters. The van der Waals surface area contributed by atoms with Gasteiger partial charge in [0.25, 0.3) is 0 Å². The number of hydrogen-bond donors (Lipinski definition) is 1. The lowest BCUT2D eigenvalue weighted by molar-refractivity contribution is -0.136. The smallest absolute Gasteiger partial charge is 0.307 e. The Morgan fingerprint density at radius 1 is 1.24 bits per heavy atom. The molecule has 1 saturated carbocycles. The SMILES string of the molecule is CC1CC(OCc2ccc(CC(=O)O)cc2)CC(C)(C)C1. The molecule has 1 aliphatic carbocycles. The molecule has 0 bridgehead atoms. The maximum Gasteiger partial charge on any atom is 0.307 e. The monoisotopic (exact) mass is 290 g/mol. The highest BCUT2D eigenvalue weighted by Gasteiger charge is 2.32. The first-order chi connectivity index (χ1) is 9.84. The Bertz CT molecular complexity index is 476. The van der Waals surface area contributed by atoms with Crippen LogP contribution in [0.3, 0.4) is 0 Å². The summed E-state index contributed by atoms with van der Waals surface area (Å²) < 4.78 is 6.08.